The minimum absolute atomic E-state index is 0. The topological polar surface area (TPSA) is 74.6 Å². The zero-order valence-electron chi connectivity index (χ0n) is 13.4. The zero-order valence-corrected chi connectivity index (χ0v) is 13.4. The third-order valence-electron chi connectivity index (χ3n) is 4.17. The van der Waals surface area contributed by atoms with Crippen LogP contribution in [0.2, 0.25) is 0 Å². The van der Waals surface area contributed by atoms with Crippen LogP contribution in [-0.2, 0) is 9.59 Å². The molecule has 0 aliphatic carbocycles. The summed E-state index contributed by atoms with van der Waals surface area (Å²) < 4.78 is 0. The van der Waals surface area contributed by atoms with Crippen molar-refractivity contribution in [1.82, 2.24) is 0 Å². The van der Waals surface area contributed by atoms with Crippen LogP contribution in [0.15, 0.2) is 0 Å². The molecule has 0 radical (unpaired) electrons. The molecule has 0 spiro atoms. The number of carboxylic acid groups (broad SMARTS) is 2. The van der Waals surface area contributed by atoms with E-state index in [1.807, 2.05) is 0 Å². The van der Waals surface area contributed by atoms with Crippen molar-refractivity contribution >= 4 is 30.8 Å². The number of hydrogen-bond acceptors (Lipinski definition) is 2. The Kier molecular flexibility index (Phi) is 11.2. The first-order chi connectivity index (χ1) is 9.20. The summed E-state index contributed by atoms with van der Waals surface area (Å²) in [5, 5.41) is 18.8. The van der Waals surface area contributed by atoms with E-state index in [0.717, 1.165) is 19.3 Å². The van der Waals surface area contributed by atoms with E-state index in [2.05, 4.69) is 6.92 Å². The van der Waals surface area contributed by atoms with Crippen molar-refractivity contribution < 1.29 is 19.8 Å². The second-order valence-electron chi connectivity index (χ2n) is 6.64. The summed E-state index contributed by atoms with van der Waals surface area (Å²) in [6.07, 6.45) is 7.61. The second-order valence-corrected chi connectivity index (χ2v) is 6.64. The third kappa shape index (κ3) is 6.44. The molecule has 4 nitrogen and oxygen atoms in total. The molecule has 0 saturated carbocycles. The van der Waals surface area contributed by atoms with Crippen molar-refractivity contribution in [2.45, 2.75) is 79.1 Å². The molecule has 0 rings (SSSR count). The Morgan fingerprint density at radius 1 is 0.810 bits per heavy atom. The molecule has 0 fully saturated rings. The van der Waals surface area contributed by atoms with E-state index < -0.39 is 22.8 Å². The molecule has 21 heavy (non-hydrogen) atoms. The van der Waals surface area contributed by atoms with Crippen molar-refractivity contribution in [2.75, 3.05) is 0 Å². The average Bonchev–Trinajstić information content (AvgIpc) is 2.30. The fourth-order valence-electron chi connectivity index (χ4n) is 2.67. The molecule has 0 aromatic heterocycles. The monoisotopic (exact) mass is 294 g/mol. The van der Waals surface area contributed by atoms with E-state index in [1.165, 1.54) is 19.3 Å². The van der Waals surface area contributed by atoms with Gasteiger partial charge in [0.25, 0.3) is 0 Å². The van der Waals surface area contributed by atoms with Crippen LogP contribution < -0.4 is 0 Å². The van der Waals surface area contributed by atoms with Crippen LogP contribution >= 0.6 is 0 Å². The Hall–Kier alpha value is -0.463. The van der Waals surface area contributed by atoms with Gasteiger partial charge in [-0.25, -0.2) is 0 Å². The van der Waals surface area contributed by atoms with E-state index >= 15 is 0 Å². The molecule has 0 atom stereocenters. The van der Waals surface area contributed by atoms with Gasteiger partial charge in [0.2, 0.25) is 0 Å². The van der Waals surface area contributed by atoms with Gasteiger partial charge < -0.3 is 10.2 Å². The van der Waals surface area contributed by atoms with Gasteiger partial charge in [-0.3, -0.25) is 9.59 Å². The van der Waals surface area contributed by atoms with Crippen molar-refractivity contribution in [3.05, 3.63) is 0 Å². The van der Waals surface area contributed by atoms with Gasteiger partial charge in [0, 0.05) is 0 Å². The van der Waals surface area contributed by atoms with Crippen molar-refractivity contribution in [3.63, 3.8) is 0 Å². The number of aliphatic carboxylic acids is 2. The summed E-state index contributed by atoms with van der Waals surface area (Å²) >= 11 is 0. The Morgan fingerprint density at radius 2 is 1.19 bits per heavy atom. The first kappa shape index (κ1) is 22.8. The van der Waals surface area contributed by atoms with Gasteiger partial charge in [0.1, 0.15) is 0 Å². The molecule has 0 bridgehead atoms. The summed E-state index contributed by atoms with van der Waals surface area (Å²) in [5.41, 5.74) is -2.48. The molecule has 120 valence electrons. The second kappa shape index (κ2) is 10.3. The summed E-state index contributed by atoms with van der Waals surface area (Å²) in [4.78, 5) is 23.1. The first-order valence-corrected chi connectivity index (χ1v) is 7.67. The molecule has 0 heterocycles. The maximum absolute atomic E-state index is 11.5. The Balaban J connectivity index is 0. The van der Waals surface area contributed by atoms with Crippen LogP contribution in [-0.4, -0.2) is 41.0 Å². The Bertz CT molecular complexity index is 307. The van der Waals surface area contributed by atoms with Gasteiger partial charge in [-0.15, -0.1) is 0 Å². The molecule has 0 saturated heterocycles. The Morgan fingerprint density at radius 3 is 1.52 bits per heavy atom. The normalized spacial score (nSPS) is 11.8. The van der Waals surface area contributed by atoms with Gasteiger partial charge in [-0.05, 0) is 11.8 Å². The fourth-order valence-corrected chi connectivity index (χ4v) is 2.67. The number of carbonyl (C=O) groups is 2. The predicted molar refractivity (Wildman–Crippen MR) is 86.9 cm³/mol. The third-order valence-corrected chi connectivity index (χ3v) is 4.17. The maximum atomic E-state index is 11.5. The number of rotatable bonds is 10. The summed E-state index contributed by atoms with van der Waals surface area (Å²) in [5.74, 6) is -2.44. The van der Waals surface area contributed by atoms with Crippen molar-refractivity contribution in [2.24, 2.45) is 10.8 Å². The molecular weight excluding hydrogens is 263 g/mol. The van der Waals surface area contributed by atoms with Gasteiger partial charge in [-0.1, -0.05) is 72.6 Å². The summed E-state index contributed by atoms with van der Waals surface area (Å²) in [6, 6.07) is 0. The molecular formula is C16H31LiO4. The summed E-state index contributed by atoms with van der Waals surface area (Å²) in [6.45, 7) is 7.24. The molecule has 0 amide bonds. The Labute approximate surface area is 140 Å². The molecule has 2 N–H and O–H groups in total. The van der Waals surface area contributed by atoms with E-state index in [0.29, 0.717) is 6.42 Å². The van der Waals surface area contributed by atoms with Crippen LogP contribution in [0.25, 0.3) is 0 Å². The predicted octanol–water partition coefficient (Wildman–Crippen LogP) is 3.68. The van der Waals surface area contributed by atoms with Crippen molar-refractivity contribution in [3.8, 4) is 0 Å². The first-order valence-electron chi connectivity index (χ1n) is 7.67. The van der Waals surface area contributed by atoms with E-state index in [-0.39, 0.29) is 25.3 Å². The SMILES string of the molecule is CCCCCCCCCC(C(=O)O)(C(=O)O)C(C)(C)C.[LiH]. The van der Waals surface area contributed by atoms with Gasteiger partial charge in [-0.2, -0.15) is 0 Å². The number of carboxylic acids is 2. The van der Waals surface area contributed by atoms with Crippen molar-refractivity contribution in [1.29, 1.82) is 0 Å². The molecule has 0 unspecified atom stereocenters. The molecule has 0 aliphatic heterocycles. The van der Waals surface area contributed by atoms with E-state index in [9.17, 15) is 19.8 Å². The summed E-state index contributed by atoms with van der Waals surface area (Å²) in [7, 11) is 0. The van der Waals surface area contributed by atoms with Crippen LogP contribution in [0.1, 0.15) is 79.1 Å². The van der Waals surface area contributed by atoms with E-state index in [1.54, 1.807) is 20.8 Å². The van der Waals surface area contributed by atoms with Crippen LogP contribution in [0.3, 0.4) is 0 Å². The molecule has 0 aromatic carbocycles. The zero-order chi connectivity index (χ0) is 15.8. The number of hydrogen-bond donors (Lipinski definition) is 2. The minimum atomic E-state index is -1.68. The van der Waals surface area contributed by atoms with Gasteiger partial charge in [0.15, 0.2) is 5.41 Å². The standard InChI is InChI=1S/C16H30O4.Li.H/c1-5-6-7-8-9-10-11-12-16(13(17)18,14(19)20)15(2,3)4;;/h5-12H2,1-4H3,(H,17,18)(H,19,20);;. The molecule has 5 heteroatoms. The molecule has 0 aromatic rings. The van der Waals surface area contributed by atoms with E-state index in [4.69, 9.17) is 0 Å². The number of unbranched alkanes of at least 4 members (excludes halogenated alkanes) is 6. The molecule has 0 aliphatic rings. The fraction of sp³-hybridized carbons (Fsp3) is 0.875. The van der Waals surface area contributed by atoms with Crippen LogP contribution in [0, 0.1) is 10.8 Å². The average molecular weight is 294 g/mol. The van der Waals surface area contributed by atoms with Gasteiger partial charge >= 0.3 is 30.8 Å². The van der Waals surface area contributed by atoms with Crippen LogP contribution in [0.5, 0.6) is 0 Å². The van der Waals surface area contributed by atoms with Crippen LogP contribution in [0.4, 0.5) is 0 Å². The van der Waals surface area contributed by atoms with Gasteiger partial charge in [0.05, 0.1) is 0 Å². The quantitative estimate of drug-likeness (QED) is 0.366.